The van der Waals surface area contributed by atoms with Gasteiger partial charge in [0.05, 0.1) is 12.1 Å². The molecule has 0 unspecified atom stereocenters. The molecule has 1 heterocycles. The molecule has 2 amide bonds. The molecule has 6 nitrogen and oxygen atoms in total. The minimum atomic E-state index is -0.214. The monoisotopic (exact) mass is 391 g/mol. The lowest BCUT2D eigenvalue weighted by molar-refractivity contribution is -0.115. The standard InChI is InChI=1S/C23H25N3O3/c1-4-26(5-2)23(28)18-12-9-13-19(14-18)24-21(27)15-20-16(3)29-22(25-20)17-10-7-6-8-11-17/h6-14H,4-5,15H2,1-3H3,(H,24,27). The van der Waals surface area contributed by atoms with Crippen LogP contribution in [-0.2, 0) is 11.2 Å². The summed E-state index contributed by atoms with van der Waals surface area (Å²) in [5, 5.41) is 2.85. The Bertz CT molecular complexity index is 992. The Hall–Kier alpha value is -3.41. The number of benzene rings is 2. The van der Waals surface area contributed by atoms with Crippen LogP contribution in [-0.4, -0.2) is 34.8 Å². The van der Waals surface area contributed by atoms with Gasteiger partial charge in [-0.15, -0.1) is 0 Å². The van der Waals surface area contributed by atoms with Crippen LogP contribution in [0, 0.1) is 6.92 Å². The number of oxazole rings is 1. The summed E-state index contributed by atoms with van der Waals surface area (Å²) in [6.45, 7) is 6.96. The van der Waals surface area contributed by atoms with Gasteiger partial charge in [0.2, 0.25) is 11.8 Å². The fraction of sp³-hybridized carbons (Fsp3) is 0.261. The van der Waals surface area contributed by atoms with Crippen molar-refractivity contribution in [3.63, 3.8) is 0 Å². The summed E-state index contributed by atoms with van der Waals surface area (Å²) in [6, 6.07) is 16.5. The number of rotatable bonds is 7. The lowest BCUT2D eigenvalue weighted by Gasteiger charge is -2.19. The summed E-state index contributed by atoms with van der Waals surface area (Å²) in [6.07, 6.45) is 0.0936. The summed E-state index contributed by atoms with van der Waals surface area (Å²) < 4.78 is 5.71. The number of hydrogen-bond acceptors (Lipinski definition) is 4. The van der Waals surface area contributed by atoms with Gasteiger partial charge in [-0.2, -0.15) is 0 Å². The molecule has 150 valence electrons. The molecule has 0 aliphatic heterocycles. The number of aromatic nitrogens is 1. The maximum absolute atomic E-state index is 12.5. The first-order valence-electron chi connectivity index (χ1n) is 9.72. The van der Waals surface area contributed by atoms with Crippen molar-refractivity contribution in [2.45, 2.75) is 27.2 Å². The summed E-state index contributed by atoms with van der Waals surface area (Å²) in [5.74, 6) is 0.849. The Labute approximate surface area is 170 Å². The smallest absolute Gasteiger partial charge is 0.253 e. The van der Waals surface area contributed by atoms with E-state index in [2.05, 4.69) is 10.3 Å². The molecule has 0 saturated carbocycles. The van der Waals surface area contributed by atoms with Crippen LogP contribution in [0.15, 0.2) is 59.0 Å². The Morgan fingerprint density at radius 2 is 1.76 bits per heavy atom. The molecule has 0 bridgehead atoms. The van der Waals surface area contributed by atoms with Crippen LogP contribution in [0.4, 0.5) is 5.69 Å². The predicted octanol–water partition coefficient (Wildman–Crippen LogP) is 4.31. The molecule has 0 fully saturated rings. The molecule has 0 radical (unpaired) electrons. The second kappa shape index (κ2) is 9.19. The highest BCUT2D eigenvalue weighted by molar-refractivity contribution is 5.97. The first kappa shape index (κ1) is 20.3. The molecule has 0 saturated heterocycles. The van der Waals surface area contributed by atoms with E-state index in [9.17, 15) is 9.59 Å². The number of nitrogens with one attached hydrogen (secondary N) is 1. The maximum atomic E-state index is 12.5. The summed E-state index contributed by atoms with van der Waals surface area (Å²) in [7, 11) is 0. The number of amides is 2. The number of carbonyl (C=O) groups excluding carboxylic acids is 2. The SMILES string of the molecule is CCN(CC)C(=O)c1cccc(NC(=O)Cc2nc(-c3ccccc3)oc2C)c1. The highest BCUT2D eigenvalue weighted by Crippen LogP contribution is 2.22. The molecule has 3 aromatic rings. The minimum absolute atomic E-state index is 0.0500. The van der Waals surface area contributed by atoms with Gasteiger partial charge in [-0.3, -0.25) is 9.59 Å². The van der Waals surface area contributed by atoms with Gasteiger partial charge in [-0.05, 0) is 51.1 Å². The van der Waals surface area contributed by atoms with Gasteiger partial charge in [0, 0.05) is 29.9 Å². The Morgan fingerprint density at radius 1 is 1.03 bits per heavy atom. The average Bonchev–Trinajstić information content (AvgIpc) is 3.10. The van der Waals surface area contributed by atoms with E-state index < -0.39 is 0 Å². The van der Waals surface area contributed by atoms with E-state index in [1.165, 1.54) is 0 Å². The zero-order chi connectivity index (χ0) is 20.8. The van der Waals surface area contributed by atoms with Crippen molar-refractivity contribution in [2.24, 2.45) is 0 Å². The normalized spacial score (nSPS) is 10.6. The quantitative estimate of drug-likeness (QED) is 0.651. The third-order valence-corrected chi connectivity index (χ3v) is 4.69. The number of anilines is 1. The molecule has 1 N–H and O–H groups in total. The number of aryl methyl sites for hydroxylation is 1. The second-order valence-corrected chi connectivity index (χ2v) is 6.67. The van der Waals surface area contributed by atoms with Crippen molar-refractivity contribution < 1.29 is 14.0 Å². The molecule has 0 atom stereocenters. The zero-order valence-electron chi connectivity index (χ0n) is 16.9. The van der Waals surface area contributed by atoms with Crippen LogP contribution in [0.2, 0.25) is 0 Å². The fourth-order valence-corrected chi connectivity index (χ4v) is 3.08. The van der Waals surface area contributed by atoms with Gasteiger partial charge in [-0.1, -0.05) is 24.3 Å². The summed E-state index contributed by atoms with van der Waals surface area (Å²) >= 11 is 0. The molecular weight excluding hydrogens is 366 g/mol. The van der Waals surface area contributed by atoms with Crippen LogP contribution >= 0.6 is 0 Å². The van der Waals surface area contributed by atoms with E-state index in [1.54, 1.807) is 36.1 Å². The molecule has 29 heavy (non-hydrogen) atoms. The largest absolute Gasteiger partial charge is 0.441 e. The summed E-state index contributed by atoms with van der Waals surface area (Å²) in [4.78, 5) is 31.2. The van der Waals surface area contributed by atoms with Crippen LogP contribution < -0.4 is 5.32 Å². The first-order chi connectivity index (χ1) is 14.0. The van der Waals surface area contributed by atoms with Crippen LogP contribution in [0.1, 0.15) is 35.7 Å². The van der Waals surface area contributed by atoms with Crippen molar-refractivity contribution >= 4 is 17.5 Å². The van der Waals surface area contributed by atoms with Crippen molar-refractivity contribution in [3.05, 3.63) is 71.6 Å². The number of hydrogen-bond donors (Lipinski definition) is 1. The third-order valence-electron chi connectivity index (χ3n) is 4.69. The third kappa shape index (κ3) is 4.90. The molecular formula is C23H25N3O3. The van der Waals surface area contributed by atoms with Crippen LogP contribution in [0.5, 0.6) is 0 Å². The van der Waals surface area contributed by atoms with Crippen molar-refractivity contribution in [1.29, 1.82) is 0 Å². The van der Waals surface area contributed by atoms with E-state index in [4.69, 9.17) is 4.42 Å². The van der Waals surface area contributed by atoms with Crippen molar-refractivity contribution in [2.75, 3.05) is 18.4 Å². The number of carbonyl (C=O) groups is 2. The summed E-state index contributed by atoms with van der Waals surface area (Å²) in [5.41, 5.74) is 2.59. The van der Waals surface area contributed by atoms with E-state index in [-0.39, 0.29) is 18.2 Å². The van der Waals surface area contributed by atoms with Gasteiger partial charge in [0.25, 0.3) is 5.91 Å². The van der Waals surface area contributed by atoms with Gasteiger partial charge in [0.1, 0.15) is 5.76 Å². The topological polar surface area (TPSA) is 75.4 Å². The van der Waals surface area contributed by atoms with E-state index in [1.807, 2.05) is 44.2 Å². The van der Waals surface area contributed by atoms with Gasteiger partial charge >= 0.3 is 0 Å². The van der Waals surface area contributed by atoms with Gasteiger partial charge in [0.15, 0.2) is 0 Å². The van der Waals surface area contributed by atoms with Crippen LogP contribution in [0.3, 0.4) is 0 Å². The molecule has 1 aromatic heterocycles. The van der Waals surface area contributed by atoms with E-state index in [0.717, 1.165) is 5.56 Å². The average molecular weight is 391 g/mol. The second-order valence-electron chi connectivity index (χ2n) is 6.67. The van der Waals surface area contributed by atoms with E-state index in [0.29, 0.717) is 41.7 Å². The van der Waals surface area contributed by atoms with Crippen molar-refractivity contribution in [3.8, 4) is 11.5 Å². The van der Waals surface area contributed by atoms with Crippen molar-refractivity contribution in [1.82, 2.24) is 9.88 Å². The Kier molecular flexibility index (Phi) is 6.44. The first-order valence-corrected chi connectivity index (χ1v) is 9.72. The minimum Gasteiger partial charge on any atom is -0.441 e. The van der Waals surface area contributed by atoms with Gasteiger partial charge in [-0.25, -0.2) is 4.98 Å². The van der Waals surface area contributed by atoms with Crippen LogP contribution in [0.25, 0.3) is 11.5 Å². The molecule has 0 aliphatic rings. The highest BCUT2D eigenvalue weighted by atomic mass is 16.4. The molecule has 3 rings (SSSR count). The predicted molar refractivity (Wildman–Crippen MR) is 113 cm³/mol. The molecule has 2 aromatic carbocycles. The lowest BCUT2D eigenvalue weighted by Crippen LogP contribution is -2.30. The van der Waals surface area contributed by atoms with Gasteiger partial charge < -0.3 is 14.6 Å². The maximum Gasteiger partial charge on any atom is 0.253 e. The lowest BCUT2D eigenvalue weighted by atomic mass is 10.1. The zero-order valence-corrected chi connectivity index (χ0v) is 16.9. The highest BCUT2D eigenvalue weighted by Gasteiger charge is 2.16. The Morgan fingerprint density at radius 3 is 2.45 bits per heavy atom. The fourth-order valence-electron chi connectivity index (χ4n) is 3.08. The molecule has 0 aliphatic carbocycles. The molecule has 0 spiro atoms. The molecule has 6 heteroatoms. The number of nitrogens with zero attached hydrogens (tertiary/aromatic N) is 2. The van der Waals surface area contributed by atoms with E-state index >= 15 is 0 Å². The Balaban J connectivity index is 1.70.